The van der Waals surface area contributed by atoms with Gasteiger partial charge in [-0.1, -0.05) is 13.8 Å². The normalized spacial score (nSPS) is 11.0. The summed E-state index contributed by atoms with van der Waals surface area (Å²) in [6, 6.07) is 0. The summed E-state index contributed by atoms with van der Waals surface area (Å²) in [5.41, 5.74) is 5.74. The minimum absolute atomic E-state index is 0.687. The van der Waals surface area contributed by atoms with Gasteiger partial charge in [-0.2, -0.15) is 5.10 Å². The summed E-state index contributed by atoms with van der Waals surface area (Å²) >= 11 is 3.31. The number of aromatic nitrogens is 2. The molecule has 1 aromatic rings. The van der Waals surface area contributed by atoms with Crippen LogP contribution in [0.2, 0.25) is 0 Å². The lowest BCUT2D eigenvalue weighted by atomic mass is 10.1. The highest BCUT2D eigenvalue weighted by Crippen LogP contribution is 2.18. The second kappa shape index (κ2) is 3.94. The summed E-state index contributed by atoms with van der Waals surface area (Å²) in [6.45, 7) is 5.28. The third kappa shape index (κ3) is 2.24. The van der Waals surface area contributed by atoms with Crippen LogP contribution in [0.3, 0.4) is 0 Å². The molecule has 4 heteroatoms. The lowest BCUT2D eigenvalue weighted by molar-refractivity contribution is 0.491. The van der Waals surface area contributed by atoms with Crippen molar-refractivity contribution in [3.8, 4) is 0 Å². The zero-order chi connectivity index (χ0) is 9.14. The van der Waals surface area contributed by atoms with Crippen LogP contribution in [0.15, 0.2) is 10.7 Å². The Bertz CT molecular complexity index is 255. The van der Waals surface area contributed by atoms with E-state index in [1.165, 1.54) is 0 Å². The van der Waals surface area contributed by atoms with E-state index >= 15 is 0 Å². The van der Waals surface area contributed by atoms with E-state index in [-0.39, 0.29) is 0 Å². The molecule has 0 saturated heterocycles. The zero-order valence-electron chi connectivity index (χ0n) is 7.42. The third-order valence-electron chi connectivity index (χ3n) is 1.75. The number of nitrogens with zero attached hydrogens (tertiary/aromatic N) is 2. The van der Waals surface area contributed by atoms with Gasteiger partial charge in [0.05, 0.1) is 10.7 Å². The highest BCUT2D eigenvalue weighted by molar-refractivity contribution is 9.10. The molecule has 68 valence electrons. The molecule has 0 bridgehead atoms. The van der Waals surface area contributed by atoms with Crippen LogP contribution in [0.5, 0.6) is 0 Å². The maximum atomic E-state index is 5.74. The molecule has 1 heterocycles. The number of nitrogen functional groups attached to an aromatic ring is 1. The number of anilines is 1. The van der Waals surface area contributed by atoms with Gasteiger partial charge in [0.2, 0.25) is 0 Å². The Labute approximate surface area is 81.1 Å². The first kappa shape index (κ1) is 9.58. The fourth-order valence-corrected chi connectivity index (χ4v) is 1.23. The Kier molecular flexibility index (Phi) is 3.14. The van der Waals surface area contributed by atoms with Crippen molar-refractivity contribution in [1.29, 1.82) is 0 Å². The fraction of sp³-hybridized carbons (Fsp3) is 0.625. The van der Waals surface area contributed by atoms with Gasteiger partial charge >= 0.3 is 0 Å². The smallest absolute Gasteiger partial charge is 0.136 e. The molecule has 3 nitrogen and oxygen atoms in total. The Balaban J connectivity index is 2.58. The highest BCUT2D eigenvalue weighted by Gasteiger charge is 2.04. The first-order valence-corrected chi connectivity index (χ1v) is 4.87. The number of halogens is 1. The summed E-state index contributed by atoms with van der Waals surface area (Å²) in [4.78, 5) is 0. The molecule has 1 aromatic heterocycles. The minimum atomic E-state index is 0.687. The second-order valence-corrected chi connectivity index (χ2v) is 4.14. The van der Waals surface area contributed by atoms with E-state index in [1.807, 2.05) is 4.68 Å². The van der Waals surface area contributed by atoms with Crippen LogP contribution < -0.4 is 5.73 Å². The molecule has 0 atom stereocenters. The summed E-state index contributed by atoms with van der Waals surface area (Å²) < 4.78 is 2.70. The molecule has 0 radical (unpaired) electrons. The van der Waals surface area contributed by atoms with Crippen LogP contribution in [0.1, 0.15) is 20.3 Å². The van der Waals surface area contributed by atoms with E-state index in [2.05, 4.69) is 34.9 Å². The first-order valence-electron chi connectivity index (χ1n) is 4.08. The lowest BCUT2D eigenvalue weighted by Gasteiger charge is -2.05. The van der Waals surface area contributed by atoms with Gasteiger partial charge < -0.3 is 5.73 Å². The number of nitrogens with two attached hydrogens (primary N) is 1. The predicted molar refractivity (Wildman–Crippen MR) is 53.8 cm³/mol. The summed E-state index contributed by atoms with van der Waals surface area (Å²) in [5, 5.41) is 4.13. The fourth-order valence-electron chi connectivity index (χ4n) is 0.931. The van der Waals surface area contributed by atoms with Crippen molar-refractivity contribution in [3.63, 3.8) is 0 Å². The van der Waals surface area contributed by atoms with Crippen LogP contribution in [0.25, 0.3) is 0 Å². The van der Waals surface area contributed by atoms with Crippen molar-refractivity contribution in [2.45, 2.75) is 26.8 Å². The molecule has 1 rings (SSSR count). The van der Waals surface area contributed by atoms with E-state index in [0.29, 0.717) is 5.92 Å². The molecule has 0 unspecified atom stereocenters. The molecule has 0 aromatic carbocycles. The molecule has 0 spiro atoms. The predicted octanol–water partition coefficient (Wildman–Crippen LogP) is 2.27. The molecular formula is C8H14BrN3. The maximum absolute atomic E-state index is 5.74. The topological polar surface area (TPSA) is 43.8 Å². The van der Waals surface area contributed by atoms with E-state index in [1.54, 1.807) is 6.20 Å². The van der Waals surface area contributed by atoms with Gasteiger partial charge in [0.1, 0.15) is 5.82 Å². The Morgan fingerprint density at radius 3 is 2.75 bits per heavy atom. The van der Waals surface area contributed by atoms with Crippen molar-refractivity contribution in [2.24, 2.45) is 5.92 Å². The van der Waals surface area contributed by atoms with Gasteiger partial charge in [-0.05, 0) is 28.3 Å². The average Bonchev–Trinajstić information content (AvgIpc) is 2.30. The number of rotatable bonds is 3. The lowest BCUT2D eigenvalue weighted by Crippen LogP contribution is -2.06. The molecule has 0 fully saturated rings. The van der Waals surface area contributed by atoms with Gasteiger partial charge in [-0.25, -0.2) is 4.68 Å². The van der Waals surface area contributed by atoms with Gasteiger partial charge in [-0.15, -0.1) is 0 Å². The van der Waals surface area contributed by atoms with E-state index in [9.17, 15) is 0 Å². The van der Waals surface area contributed by atoms with E-state index in [0.717, 1.165) is 23.3 Å². The number of hydrogen-bond acceptors (Lipinski definition) is 2. The second-order valence-electron chi connectivity index (χ2n) is 3.28. The van der Waals surface area contributed by atoms with Crippen LogP contribution >= 0.6 is 15.9 Å². The summed E-state index contributed by atoms with van der Waals surface area (Å²) in [7, 11) is 0. The van der Waals surface area contributed by atoms with E-state index in [4.69, 9.17) is 5.73 Å². The molecule has 0 amide bonds. The average molecular weight is 232 g/mol. The summed E-state index contributed by atoms with van der Waals surface area (Å²) in [5.74, 6) is 1.41. The Hall–Kier alpha value is -0.510. The van der Waals surface area contributed by atoms with Crippen LogP contribution in [0, 0.1) is 5.92 Å². The van der Waals surface area contributed by atoms with Crippen LogP contribution in [-0.2, 0) is 6.54 Å². The van der Waals surface area contributed by atoms with Crippen LogP contribution in [-0.4, -0.2) is 9.78 Å². The maximum Gasteiger partial charge on any atom is 0.136 e. The minimum Gasteiger partial charge on any atom is -0.383 e. The van der Waals surface area contributed by atoms with Crippen molar-refractivity contribution in [1.82, 2.24) is 9.78 Å². The van der Waals surface area contributed by atoms with Crippen molar-refractivity contribution in [2.75, 3.05) is 5.73 Å². The Morgan fingerprint density at radius 1 is 1.67 bits per heavy atom. The van der Waals surface area contributed by atoms with Crippen molar-refractivity contribution < 1.29 is 0 Å². The Morgan fingerprint density at radius 2 is 2.33 bits per heavy atom. The van der Waals surface area contributed by atoms with Crippen molar-refractivity contribution in [3.05, 3.63) is 10.7 Å². The zero-order valence-corrected chi connectivity index (χ0v) is 9.00. The van der Waals surface area contributed by atoms with Gasteiger partial charge in [0, 0.05) is 6.54 Å². The first-order chi connectivity index (χ1) is 5.61. The quantitative estimate of drug-likeness (QED) is 0.868. The van der Waals surface area contributed by atoms with Crippen molar-refractivity contribution >= 4 is 21.7 Å². The molecule has 0 aliphatic heterocycles. The number of hydrogen-bond donors (Lipinski definition) is 1. The standard InChI is InChI=1S/C8H14BrN3/c1-6(2)3-4-12-8(10)7(9)5-11-12/h5-6H,3-4,10H2,1-2H3. The molecule has 0 saturated carbocycles. The van der Waals surface area contributed by atoms with E-state index < -0.39 is 0 Å². The SMILES string of the molecule is CC(C)CCn1ncc(Br)c1N. The molecule has 0 aliphatic carbocycles. The highest BCUT2D eigenvalue weighted by atomic mass is 79.9. The van der Waals surface area contributed by atoms with Gasteiger partial charge in [0.25, 0.3) is 0 Å². The largest absolute Gasteiger partial charge is 0.383 e. The third-order valence-corrected chi connectivity index (χ3v) is 2.36. The number of aryl methyl sites for hydroxylation is 1. The molecule has 0 aliphatic rings. The van der Waals surface area contributed by atoms with Gasteiger partial charge in [-0.3, -0.25) is 0 Å². The van der Waals surface area contributed by atoms with Gasteiger partial charge in [0.15, 0.2) is 0 Å². The summed E-state index contributed by atoms with van der Waals surface area (Å²) in [6.07, 6.45) is 2.84. The molecular weight excluding hydrogens is 218 g/mol. The monoisotopic (exact) mass is 231 g/mol. The molecule has 2 N–H and O–H groups in total. The molecule has 12 heavy (non-hydrogen) atoms. The van der Waals surface area contributed by atoms with Crippen LogP contribution in [0.4, 0.5) is 5.82 Å².